The van der Waals surface area contributed by atoms with Crippen LogP contribution in [0.5, 0.6) is 0 Å². The van der Waals surface area contributed by atoms with Gasteiger partial charge in [0.15, 0.2) is 0 Å². The first-order valence-electron chi connectivity index (χ1n) is 8.22. The monoisotopic (exact) mass is 288 g/mol. The van der Waals surface area contributed by atoms with E-state index in [9.17, 15) is 4.79 Å². The van der Waals surface area contributed by atoms with E-state index in [1.165, 1.54) is 18.4 Å². The minimum Gasteiger partial charge on any atom is -0.354 e. The van der Waals surface area contributed by atoms with E-state index in [2.05, 4.69) is 48.7 Å². The van der Waals surface area contributed by atoms with Crippen LogP contribution in [-0.2, 0) is 11.2 Å². The Bertz CT molecular complexity index is 426. The van der Waals surface area contributed by atoms with E-state index in [-0.39, 0.29) is 11.9 Å². The molecule has 1 saturated carbocycles. The Kier molecular flexibility index (Phi) is 6.24. The molecule has 0 aromatic heterocycles. The minimum absolute atomic E-state index is 0.0699. The van der Waals surface area contributed by atoms with Gasteiger partial charge in [-0.2, -0.15) is 0 Å². The fourth-order valence-corrected chi connectivity index (χ4v) is 2.50. The molecule has 21 heavy (non-hydrogen) atoms. The van der Waals surface area contributed by atoms with Crippen LogP contribution in [0.15, 0.2) is 30.3 Å². The quantitative estimate of drug-likeness (QED) is 0.686. The molecule has 3 heteroatoms. The van der Waals surface area contributed by atoms with Gasteiger partial charge in [-0.15, -0.1) is 0 Å². The molecule has 0 radical (unpaired) electrons. The van der Waals surface area contributed by atoms with Crippen LogP contribution in [0.1, 0.15) is 38.7 Å². The lowest BCUT2D eigenvalue weighted by molar-refractivity contribution is -0.124. The molecule has 0 spiro atoms. The molecule has 0 unspecified atom stereocenters. The van der Waals surface area contributed by atoms with Crippen molar-refractivity contribution in [1.82, 2.24) is 10.6 Å². The van der Waals surface area contributed by atoms with Gasteiger partial charge in [0.05, 0.1) is 6.04 Å². The van der Waals surface area contributed by atoms with Gasteiger partial charge in [0, 0.05) is 6.54 Å². The Morgan fingerprint density at radius 3 is 2.57 bits per heavy atom. The van der Waals surface area contributed by atoms with Crippen molar-refractivity contribution in [2.75, 3.05) is 13.1 Å². The van der Waals surface area contributed by atoms with Crippen molar-refractivity contribution in [3.05, 3.63) is 35.9 Å². The van der Waals surface area contributed by atoms with Crippen molar-refractivity contribution in [1.29, 1.82) is 0 Å². The normalized spacial score (nSPS) is 16.0. The first-order chi connectivity index (χ1) is 10.2. The largest absolute Gasteiger partial charge is 0.354 e. The van der Waals surface area contributed by atoms with Crippen molar-refractivity contribution in [2.24, 2.45) is 11.8 Å². The molecule has 0 saturated heterocycles. The van der Waals surface area contributed by atoms with E-state index in [4.69, 9.17) is 0 Å². The highest BCUT2D eigenvalue weighted by atomic mass is 16.2. The molecular weight excluding hydrogens is 260 g/mol. The summed E-state index contributed by atoms with van der Waals surface area (Å²) in [6.07, 6.45) is 4.67. The predicted octanol–water partition coefficient (Wildman–Crippen LogP) is 2.76. The van der Waals surface area contributed by atoms with Crippen LogP contribution < -0.4 is 10.6 Å². The number of hydrogen-bond donors (Lipinski definition) is 2. The van der Waals surface area contributed by atoms with Crippen molar-refractivity contribution in [2.45, 2.75) is 45.6 Å². The van der Waals surface area contributed by atoms with Crippen LogP contribution in [0.2, 0.25) is 0 Å². The third kappa shape index (κ3) is 5.88. The highest BCUT2D eigenvalue weighted by Gasteiger charge is 2.25. The van der Waals surface area contributed by atoms with E-state index in [1.807, 2.05) is 6.07 Å². The van der Waals surface area contributed by atoms with Gasteiger partial charge in [0.1, 0.15) is 0 Å². The summed E-state index contributed by atoms with van der Waals surface area (Å²) >= 11 is 0. The number of rotatable bonds is 9. The average molecular weight is 288 g/mol. The molecule has 2 N–H and O–H groups in total. The van der Waals surface area contributed by atoms with Crippen molar-refractivity contribution >= 4 is 5.91 Å². The third-order valence-electron chi connectivity index (χ3n) is 4.06. The summed E-state index contributed by atoms with van der Waals surface area (Å²) in [7, 11) is 0. The Labute approximate surface area is 128 Å². The Morgan fingerprint density at radius 1 is 1.24 bits per heavy atom. The minimum atomic E-state index is -0.0699. The van der Waals surface area contributed by atoms with Crippen molar-refractivity contribution < 1.29 is 4.79 Å². The molecule has 1 aliphatic rings. The molecule has 1 amide bonds. The molecular formula is C18H28N2O. The highest BCUT2D eigenvalue weighted by molar-refractivity contribution is 5.82. The second-order valence-electron chi connectivity index (χ2n) is 6.45. The number of nitrogens with one attached hydrogen (secondary N) is 2. The zero-order valence-corrected chi connectivity index (χ0v) is 13.3. The van der Waals surface area contributed by atoms with E-state index < -0.39 is 0 Å². The number of benzene rings is 1. The van der Waals surface area contributed by atoms with Gasteiger partial charge in [0.25, 0.3) is 0 Å². The van der Waals surface area contributed by atoms with E-state index >= 15 is 0 Å². The maximum Gasteiger partial charge on any atom is 0.237 e. The lowest BCUT2D eigenvalue weighted by Crippen LogP contribution is -2.48. The molecule has 0 bridgehead atoms. The predicted molar refractivity (Wildman–Crippen MR) is 87.1 cm³/mol. The van der Waals surface area contributed by atoms with Crippen LogP contribution in [0, 0.1) is 11.8 Å². The summed E-state index contributed by atoms with van der Waals surface area (Å²) in [6, 6.07) is 10.4. The summed E-state index contributed by atoms with van der Waals surface area (Å²) < 4.78 is 0. The number of amides is 1. The fraction of sp³-hybridized carbons (Fsp3) is 0.611. The Morgan fingerprint density at radius 2 is 1.95 bits per heavy atom. The smallest absolute Gasteiger partial charge is 0.237 e. The molecule has 0 aliphatic heterocycles. The van der Waals surface area contributed by atoms with E-state index in [0.29, 0.717) is 5.92 Å². The summed E-state index contributed by atoms with van der Waals surface area (Å²) in [4.78, 5) is 12.2. The maximum absolute atomic E-state index is 12.2. The SMILES string of the molecule is CC(C)[C@H](NCCCc1ccccc1)C(=O)NCC1CC1. The summed E-state index contributed by atoms with van der Waals surface area (Å²) in [5.41, 5.74) is 1.36. The molecule has 1 atom stereocenters. The number of carbonyl (C=O) groups excluding carboxylic acids is 1. The van der Waals surface area contributed by atoms with Crippen LogP contribution in [0.3, 0.4) is 0 Å². The van der Waals surface area contributed by atoms with E-state index in [1.54, 1.807) is 0 Å². The lowest BCUT2D eigenvalue weighted by atomic mass is 10.0. The van der Waals surface area contributed by atoms with Gasteiger partial charge in [-0.3, -0.25) is 4.79 Å². The molecule has 1 fully saturated rings. The number of hydrogen-bond acceptors (Lipinski definition) is 2. The topological polar surface area (TPSA) is 41.1 Å². The second kappa shape index (κ2) is 8.18. The maximum atomic E-state index is 12.2. The summed E-state index contributed by atoms with van der Waals surface area (Å²) in [5, 5.41) is 6.50. The molecule has 1 aromatic rings. The highest BCUT2D eigenvalue weighted by Crippen LogP contribution is 2.27. The van der Waals surface area contributed by atoms with Gasteiger partial charge in [-0.05, 0) is 49.6 Å². The summed E-state index contributed by atoms with van der Waals surface area (Å²) in [5.74, 6) is 1.22. The van der Waals surface area contributed by atoms with Crippen molar-refractivity contribution in [3.63, 3.8) is 0 Å². The van der Waals surface area contributed by atoms with Gasteiger partial charge in [0.2, 0.25) is 5.91 Å². The molecule has 116 valence electrons. The summed E-state index contributed by atoms with van der Waals surface area (Å²) in [6.45, 7) is 5.94. The van der Waals surface area contributed by atoms with E-state index in [0.717, 1.165) is 31.8 Å². The Hall–Kier alpha value is -1.35. The first kappa shape index (κ1) is 16.0. The van der Waals surface area contributed by atoms with Gasteiger partial charge >= 0.3 is 0 Å². The molecule has 1 aromatic carbocycles. The fourth-order valence-electron chi connectivity index (χ4n) is 2.50. The van der Waals surface area contributed by atoms with Gasteiger partial charge in [-0.1, -0.05) is 44.2 Å². The first-order valence-corrected chi connectivity index (χ1v) is 8.22. The second-order valence-corrected chi connectivity index (χ2v) is 6.45. The van der Waals surface area contributed by atoms with Gasteiger partial charge < -0.3 is 10.6 Å². The molecule has 1 aliphatic carbocycles. The zero-order chi connectivity index (χ0) is 15.1. The third-order valence-corrected chi connectivity index (χ3v) is 4.06. The van der Waals surface area contributed by atoms with Crippen LogP contribution >= 0.6 is 0 Å². The molecule has 2 rings (SSSR count). The lowest BCUT2D eigenvalue weighted by Gasteiger charge is -2.21. The number of carbonyl (C=O) groups is 1. The molecule has 0 heterocycles. The van der Waals surface area contributed by atoms with Crippen LogP contribution in [-0.4, -0.2) is 25.0 Å². The van der Waals surface area contributed by atoms with Crippen LogP contribution in [0.4, 0.5) is 0 Å². The van der Waals surface area contributed by atoms with Gasteiger partial charge in [-0.25, -0.2) is 0 Å². The van der Waals surface area contributed by atoms with Crippen molar-refractivity contribution in [3.8, 4) is 0 Å². The Balaban J connectivity index is 1.68. The average Bonchev–Trinajstić information content (AvgIpc) is 3.29. The zero-order valence-electron chi connectivity index (χ0n) is 13.3. The molecule has 3 nitrogen and oxygen atoms in total. The van der Waals surface area contributed by atoms with Crippen LogP contribution in [0.25, 0.3) is 0 Å². The number of aryl methyl sites for hydroxylation is 1. The standard InChI is InChI=1S/C18H28N2O/c1-14(2)17(18(21)20-13-16-10-11-16)19-12-6-9-15-7-4-3-5-8-15/h3-5,7-8,14,16-17,19H,6,9-13H2,1-2H3,(H,20,21)/t17-/m0/s1.